The third kappa shape index (κ3) is 8.13. The van der Waals surface area contributed by atoms with Crippen molar-refractivity contribution in [3.05, 3.63) is 66.6 Å². The lowest BCUT2D eigenvalue weighted by Crippen LogP contribution is -2.51. The Kier molecular flexibility index (Phi) is 10.1. The van der Waals surface area contributed by atoms with E-state index in [1.807, 2.05) is 13.8 Å². The van der Waals surface area contributed by atoms with Gasteiger partial charge in [0.05, 0.1) is 23.3 Å². The maximum Gasteiger partial charge on any atom is 0.413 e. The first-order valence-electron chi connectivity index (χ1n) is 13.2. The number of benzene rings is 2. The molecule has 12 nitrogen and oxygen atoms in total. The number of hydrogen-bond acceptors (Lipinski definition) is 10. The molecule has 222 valence electrons. The first kappa shape index (κ1) is 30.2. The van der Waals surface area contributed by atoms with Crippen LogP contribution in [0.5, 0.6) is 23.0 Å². The second-order valence-corrected chi connectivity index (χ2v) is 11.8. The summed E-state index contributed by atoms with van der Waals surface area (Å²) in [6.45, 7) is 4.35. The van der Waals surface area contributed by atoms with Crippen molar-refractivity contribution in [1.29, 1.82) is 0 Å². The third-order valence-corrected chi connectivity index (χ3v) is 8.01. The summed E-state index contributed by atoms with van der Waals surface area (Å²) in [5.74, 6) is 1.55. The molecular weight excluding hydrogens is 554 g/mol. The quantitative estimate of drug-likeness (QED) is 0.255. The van der Waals surface area contributed by atoms with Gasteiger partial charge in [-0.15, -0.1) is 0 Å². The molecule has 2 heterocycles. The number of hydrogen-bond donors (Lipinski definition) is 3. The molecule has 0 unspecified atom stereocenters. The lowest BCUT2D eigenvalue weighted by atomic mass is 10.0. The summed E-state index contributed by atoms with van der Waals surface area (Å²) in [5.41, 5.74) is 6.26. The van der Waals surface area contributed by atoms with Gasteiger partial charge < -0.3 is 39.5 Å². The molecule has 1 amide bonds. The molecule has 0 bridgehead atoms. The van der Waals surface area contributed by atoms with Gasteiger partial charge in [0.2, 0.25) is 16.8 Å². The van der Waals surface area contributed by atoms with E-state index in [-0.39, 0.29) is 42.9 Å². The van der Waals surface area contributed by atoms with E-state index in [1.54, 1.807) is 24.3 Å². The highest BCUT2D eigenvalue weighted by Crippen LogP contribution is 2.35. The van der Waals surface area contributed by atoms with Crippen molar-refractivity contribution in [1.82, 2.24) is 9.62 Å². The Balaban J connectivity index is 1.55. The van der Waals surface area contributed by atoms with Crippen LogP contribution in [-0.2, 0) is 16.4 Å². The van der Waals surface area contributed by atoms with Gasteiger partial charge >= 0.3 is 6.09 Å². The summed E-state index contributed by atoms with van der Waals surface area (Å²) in [6, 6.07) is 12.0. The van der Waals surface area contributed by atoms with Crippen LogP contribution in [0.25, 0.3) is 0 Å². The number of rotatable bonds is 14. The fourth-order valence-corrected chi connectivity index (χ4v) is 5.87. The van der Waals surface area contributed by atoms with Gasteiger partial charge in [-0.25, -0.2) is 13.2 Å². The Labute approximate surface area is 239 Å². The van der Waals surface area contributed by atoms with E-state index >= 15 is 0 Å². The van der Waals surface area contributed by atoms with Gasteiger partial charge in [0.25, 0.3) is 0 Å². The molecule has 1 aliphatic heterocycles. The molecule has 1 aliphatic rings. The molecule has 4 rings (SSSR count). The van der Waals surface area contributed by atoms with Gasteiger partial charge in [0.15, 0.2) is 17.2 Å². The summed E-state index contributed by atoms with van der Waals surface area (Å²) < 4.78 is 55.0. The Hall–Kier alpha value is -3.78. The Morgan fingerprint density at radius 1 is 1.07 bits per heavy atom. The number of nitrogens with zero attached hydrogens (tertiary/aromatic N) is 1. The van der Waals surface area contributed by atoms with E-state index in [4.69, 9.17) is 29.1 Å². The minimum Gasteiger partial charge on any atom is -0.492 e. The highest BCUT2D eigenvalue weighted by atomic mass is 32.2. The van der Waals surface area contributed by atoms with Crippen molar-refractivity contribution in [3.8, 4) is 23.0 Å². The van der Waals surface area contributed by atoms with Crippen molar-refractivity contribution in [2.45, 2.75) is 37.3 Å². The summed E-state index contributed by atoms with van der Waals surface area (Å²) in [7, 11) is -4.05. The van der Waals surface area contributed by atoms with E-state index in [0.29, 0.717) is 30.4 Å². The Bertz CT molecular complexity index is 1380. The van der Waals surface area contributed by atoms with Gasteiger partial charge in [-0.3, -0.25) is 0 Å². The van der Waals surface area contributed by atoms with Gasteiger partial charge in [0.1, 0.15) is 18.6 Å². The number of carbonyl (C=O) groups excluding carboxylic acids is 1. The summed E-state index contributed by atoms with van der Waals surface area (Å²) in [6.07, 6.45) is 0.662. The van der Waals surface area contributed by atoms with Crippen molar-refractivity contribution in [3.63, 3.8) is 0 Å². The fourth-order valence-electron chi connectivity index (χ4n) is 4.23. The smallest absolute Gasteiger partial charge is 0.413 e. The molecule has 3 aromatic rings. The topological polar surface area (TPSA) is 163 Å². The fraction of sp³-hybridized carbons (Fsp3) is 0.393. The van der Waals surface area contributed by atoms with Crippen LogP contribution < -0.4 is 30.0 Å². The number of furan rings is 1. The summed E-state index contributed by atoms with van der Waals surface area (Å²) >= 11 is 0. The van der Waals surface area contributed by atoms with Crippen molar-refractivity contribution in [2.24, 2.45) is 11.7 Å². The average molecular weight is 590 g/mol. The predicted octanol–water partition coefficient (Wildman–Crippen LogP) is 2.75. The second kappa shape index (κ2) is 13.7. The van der Waals surface area contributed by atoms with E-state index in [9.17, 15) is 18.3 Å². The molecule has 0 radical (unpaired) electrons. The van der Waals surface area contributed by atoms with Gasteiger partial charge in [-0.1, -0.05) is 26.0 Å². The number of nitrogens with two attached hydrogens (primary N) is 1. The number of fused-ring (bicyclic) bond motifs is 1. The molecule has 0 saturated heterocycles. The number of aliphatic hydroxyl groups is 1. The second-order valence-electron chi connectivity index (χ2n) is 9.88. The maximum absolute atomic E-state index is 13.7. The van der Waals surface area contributed by atoms with E-state index in [1.165, 1.54) is 41.1 Å². The van der Waals surface area contributed by atoms with Crippen LogP contribution in [0.3, 0.4) is 0 Å². The van der Waals surface area contributed by atoms with Crippen molar-refractivity contribution < 1.29 is 41.7 Å². The number of carbonyl (C=O) groups is 1. The standard InChI is InChI=1S/C28H35N3O9S/c1-19(2)15-31(41(34,35)23-7-8-26-27(14-23)39-18-38-26)16-25(32)24(30-28(33)40-22-9-11-36-17-22)13-20-3-5-21(6-4-20)37-12-10-29/h3-9,11,14,17,19,24-25,32H,10,12-13,15-16,18,29H2,1-2H3,(H,30,33)/t24-,25+/m0/s1. The van der Waals surface area contributed by atoms with Crippen molar-refractivity contribution >= 4 is 16.1 Å². The largest absolute Gasteiger partial charge is 0.492 e. The number of aliphatic hydroxyl groups excluding tert-OH is 1. The zero-order chi connectivity index (χ0) is 29.4. The molecule has 0 fully saturated rings. The molecule has 13 heteroatoms. The highest BCUT2D eigenvalue weighted by molar-refractivity contribution is 7.89. The monoisotopic (exact) mass is 589 g/mol. The summed E-state index contributed by atoms with van der Waals surface area (Å²) in [5, 5.41) is 14.1. The van der Waals surface area contributed by atoms with Crippen molar-refractivity contribution in [2.75, 3.05) is 33.0 Å². The molecule has 4 N–H and O–H groups in total. The molecule has 2 aromatic carbocycles. The number of sulfonamides is 1. The van der Waals surface area contributed by atoms with Crippen LogP contribution in [0, 0.1) is 5.92 Å². The highest BCUT2D eigenvalue weighted by Gasteiger charge is 2.32. The zero-order valence-corrected chi connectivity index (χ0v) is 23.7. The van der Waals surface area contributed by atoms with Gasteiger partial charge in [0, 0.05) is 31.8 Å². The van der Waals surface area contributed by atoms with Crippen LogP contribution in [-0.4, -0.2) is 69.1 Å². The predicted molar refractivity (Wildman–Crippen MR) is 149 cm³/mol. The van der Waals surface area contributed by atoms with E-state index < -0.39 is 28.3 Å². The maximum atomic E-state index is 13.7. The van der Waals surface area contributed by atoms with E-state index in [2.05, 4.69) is 5.32 Å². The molecule has 41 heavy (non-hydrogen) atoms. The number of ether oxygens (including phenoxy) is 4. The molecular formula is C28H35N3O9S. The summed E-state index contributed by atoms with van der Waals surface area (Å²) in [4.78, 5) is 12.7. The normalized spacial score (nSPS) is 14.2. The molecule has 0 spiro atoms. The van der Waals surface area contributed by atoms with Gasteiger partial charge in [-0.05, 0) is 42.2 Å². The van der Waals surface area contributed by atoms with Crippen LogP contribution in [0.1, 0.15) is 19.4 Å². The SMILES string of the molecule is CC(C)CN(C[C@@H](O)[C@H](Cc1ccc(OCCN)cc1)NC(=O)Oc1ccoc1)S(=O)(=O)c1ccc2c(c1)OCO2. The molecule has 0 aliphatic carbocycles. The third-order valence-electron chi connectivity index (χ3n) is 6.18. The van der Waals surface area contributed by atoms with Gasteiger partial charge in [-0.2, -0.15) is 4.31 Å². The van der Waals surface area contributed by atoms with E-state index in [0.717, 1.165) is 5.56 Å². The first-order valence-corrected chi connectivity index (χ1v) is 14.6. The molecule has 2 atom stereocenters. The van der Waals surface area contributed by atoms with Crippen LogP contribution in [0.15, 0.2) is 70.4 Å². The lowest BCUT2D eigenvalue weighted by Gasteiger charge is -2.30. The minimum absolute atomic E-state index is 0.00606. The minimum atomic E-state index is -4.05. The number of nitrogens with one attached hydrogen (secondary N) is 1. The van der Waals surface area contributed by atoms with Crippen LogP contribution in [0.4, 0.5) is 4.79 Å². The first-order chi connectivity index (χ1) is 19.7. The zero-order valence-electron chi connectivity index (χ0n) is 22.9. The lowest BCUT2D eigenvalue weighted by molar-refractivity contribution is 0.0991. The molecule has 1 aromatic heterocycles. The Morgan fingerprint density at radius 2 is 1.83 bits per heavy atom. The molecule has 0 saturated carbocycles. The van der Waals surface area contributed by atoms with Crippen LogP contribution in [0.2, 0.25) is 0 Å². The average Bonchev–Trinajstić information content (AvgIpc) is 3.63. The Morgan fingerprint density at radius 3 is 2.51 bits per heavy atom. The number of amides is 1. The van der Waals surface area contributed by atoms with Crippen LogP contribution >= 0.6 is 0 Å².